The molecule has 0 atom stereocenters. The first kappa shape index (κ1) is 21.0. The van der Waals surface area contributed by atoms with E-state index in [9.17, 15) is 13.2 Å². The summed E-state index contributed by atoms with van der Waals surface area (Å²) in [6.07, 6.45) is 0. The van der Waals surface area contributed by atoms with Gasteiger partial charge in [0, 0.05) is 17.3 Å². The van der Waals surface area contributed by atoms with E-state index in [1.807, 2.05) is 13.0 Å². The van der Waals surface area contributed by atoms with Gasteiger partial charge in [0.05, 0.1) is 4.90 Å². The van der Waals surface area contributed by atoms with Crippen LogP contribution in [-0.2, 0) is 10.0 Å². The van der Waals surface area contributed by atoms with Gasteiger partial charge in [-0.1, -0.05) is 45.9 Å². The van der Waals surface area contributed by atoms with Gasteiger partial charge in [-0.15, -0.1) is 0 Å². The molecule has 1 amide bonds. The number of benzene rings is 2. The number of hydrogen-bond acceptors (Lipinski definition) is 3. The van der Waals surface area contributed by atoms with Crippen molar-refractivity contribution in [3.8, 4) is 0 Å². The fourth-order valence-electron chi connectivity index (χ4n) is 3.06. The minimum atomic E-state index is -3.78. The van der Waals surface area contributed by atoms with Crippen LogP contribution in [0.15, 0.2) is 53.4 Å². The molecule has 0 aliphatic carbocycles. The van der Waals surface area contributed by atoms with Gasteiger partial charge in [0.2, 0.25) is 0 Å². The van der Waals surface area contributed by atoms with Crippen LogP contribution in [0.2, 0.25) is 0 Å². The molecule has 0 radical (unpaired) electrons. The molecule has 0 aliphatic rings. The highest BCUT2D eigenvalue weighted by atomic mass is 32.2. The Morgan fingerprint density at radius 3 is 2.15 bits per heavy atom. The van der Waals surface area contributed by atoms with E-state index in [-0.39, 0.29) is 28.7 Å². The van der Waals surface area contributed by atoms with Gasteiger partial charge in [-0.3, -0.25) is 9.52 Å². The van der Waals surface area contributed by atoms with Crippen LogP contribution >= 0.6 is 0 Å². The second kappa shape index (κ2) is 8.57. The largest absolute Gasteiger partial charge is 0.349 e. The van der Waals surface area contributed by atoms with Crippen molar-refractivity contribution in [3.63, 3.8) is 0 Å². The third-order valence-corrected chi connectivity index (χ3v) is 5.79. The average molecular weight is 389 g/mol. The fourth-order valence-corrected chi connectivity index (χ4v) is 4.16. The number of carbonyl (C=O) groups excluding carboxylic acids is 1. The number of sulfonamides is 1. The van der Waals surface area contributed by atoms with Crippen LogP contribution in [-0.4, -0.2) is 20.4 Å². The standard InChI is InChI=1S/C21H28N2O3S/c1-14(2)20(15(3)4)22-21(24)17-9-7-11-19(13-17)27(25,26)23-18-10-6-8-16(5)12-18/h6-15,20,23H,1-5H3,(H,22,24). The molecule has 2 aromatic carbocycles. The highest BCUT2D eigenvalue weighted by molar-refractivity contribution is 7.92. The van der Waals surface area contributed by atoms with Crippen molar-refractivity contribution in [1.82, 2.24) is 5.32 Å². The molecule has 146 valence electrons. The summed E-state index contributed by atoms with van der Waals surface area (Å²) in [5, 5.41) is 3.01. The lowest BCUT2D eigenvalue weighted by atomic mass is 9.93. The highest BCUT2D eigenvalue weighted by Crippen LogP contribution is 2.19. The van der Waals surface area contributed by atoms with Gasteiger partial charge < -0.3 is 5.32 Å². The molecule has 0 aliphatic heterocycles. The first-order valence-corrected chi connectivity index (χ1v) is 10.6. The maximum Gasteiger partial charge on any atom is 0.261 e. The fraction of sp³-hybridized carbons (Fsp3) is 0.381. The predicted octanol–water partition coefficient (Wildman–Crippen LogP) is 4.21. The second-order valence-corrected chi connectivity index (χ2v) is 9.17. The Balaban J connectivity index is 2.24. The summed E-state index contributed by atoms with van der Waals surface area (Å²) in [4.78, 5) is 12.7. The molecular weight excluding hydrogens is 360 g/mol. The van der Waals surface area contributed by atoms with Crippen LogP contribution < -0.4 is 10.0 Å². The monoisotopic (exact) mass is 388 g/mol. The van der Waals surface area contributed by atoms with E-state index < -0.39 is 10.0 Å². The maximum atomic E-state index is 12.7. The molecule has 0 saturated carbocycles. The third kappa shape index (κ3) is 5.57. The summed E-state index contributed by atoms with van der Waals surface area (Å²) in [5.41, 5.74) is 1.77. The van der Waals surface area contributed by atoms with Gasteiger partial charge in [-0.05, 0) is 54.7 Å². The molecule has 0 bridgehead atoms. The molecule has 0 spiro atoms. The van der Waals surface area contributed by atoms with Crippen LogP contribution in [0.1, 0.15) is 43.6 Å². The van der Waals surface area contributed by atoms with E-state index in [4.69, 9.17) is 0 Å². The summed E-state index contributed by atoms with van der Waals surface area (Å²) in [5.74, 6) is 0.294. The molecule has 5 nitrogen and oxygen atoms in total. The smallest absolute Gasteiger partial charge is 0.261 e. The summed E-state index contributed by atoms with van der Waals surface area (Å²) in [6.45, 7) is 10.1. The molecule has 0 aromatic heterocycles. The normalized spacial score (nSPS) is 11.9. The van der Waals surface area contributed by atoms with Gasteiger partial charge in [0.25, 0.3) is 15.9 Å². The summed E-state index contributed by atoms with van der Waals surface area (Å²) in [6, 6.07) is 13.2. The Hall–Kier alpha value is -2.34. The van der Waals surface area contributed by atoms with Gasteiger partial charge in [0.1, 0.15) is 0 Å². The predicted molar refractivity (Wildman–Crippen MR) is 109 cm³/mol. The molecule has 0 unspecified atom stereocenters. The van der Waals surface area contributed by atoms with E-state index in [1.54, 1.807) is 30.3 Å². The lowest BCUT2D eigenvalue weighted by Crippen LogP contribution is -2.42. The minimum Gasteiger partial charge on any atom is -0.349 e. The number of carbonyl (C=O) groups is 1. The van der Waals surface area contributed by atoms with Gasteiger partial charge in [0.15, 0.2) is 0 Å². The number of nitrogens with one attached hydrogen (secondary N) is 2. The molecule has 0 saturated heterocycles. The third-order valence-electron chi connectivity index (χ3n) is 4.41. The Bertz CT molecular complexity index is 897. The molecule has 0 heterocycles. The first-order valence-electron chi connectivity index (χ1n) is 9.10. The molecule has 2 rings (SSSR count). The number of hydrogen-bond donors (Lipinski definition) is 2. The van der Waals surface area contributed by atoms with Crippen molar-refractivity contribution in [3.05, 3.63) is 59.7 Å². The average Bonchev–Trinajstić information content (AvgIpc) is 2.58. The first-order chi connectivity index (χ1) is 12.6. The van der Waals surface area contributed by atoms with E-state index in [0.717, 1.165) is 5.56 Å². The van der Waals surface area contributed by atoms with Crippen molar-refractivity contribution in [2.75, 3.05) is 4.72 Å². The van der Waals surface area contributed by atoms with Crippen LogP contribution in [0.3, 0.4) is 0 Å². The van der Waals surface area contributed by atoms with Crippen LogP contribution in [0, 0.1) is 18.8 Å². The Morgan fingerprint density at radius 1 is 0.926 bits per heavy atom. The highest BCUT2D eigenvalue weighted by Gasteiger charge is 2.22. The number of aryl methyl sites for hydroxylation is 1. The number of anilines is 1. The molecule has 2 aromatic rings. The molecule has 27 heavy (non-hydrogen) atoms. The molecule has 2 N–H and O–H groups in total. The zero-order valence-electron chi connectivity index (χ0n) is 16.5. The van der Waals surface area contributed by atoms with Crippen molar-refractivity contribution in [2.45, 2.75) is 45.6 Å². The summed E-state index contributed by atoms with van der Waals surface area (Å²) in [7, 11) is -3.78. The second-order valence-electron chi connectivity index (χ2n) is 7.49. The molecular formula is C21H28N2O3S. The summed E-state index contributed by atoms with van der Waals surface area (Å²) >= 11 is 0. The van der Waals surface area contributed by atoms with E-state index in [1.165, 1.54) is 12.1 Å². The lowest BCUT2D eigenvalue weighted by Gasteiger charge is -2.26. The van der Waals surface area contributed by atoms with Crippen molar-refractivity contribution < 1.29 is 13.2 Å². The van der Waals surface area contributed by atoms with Gasteiger partial charge in [-0.25, -0.2) is 8.42 Å². The molecule has 0 fully saturated rings. The number of amides is 1. The topological polar surface area (TPSA) is 75.3 Å². The van der Waals surface area contributed by atoms with Crippen molar-refractivity contribution in [2.24, 2.45) is 11.8 Å². The van der Waals surface area contributed by atoms with E-state index >= 15 is 0 Å². The SMILES string of the molecule is Cc1cccc(NS(=O)(=O)c2cccc(C(=O)NC(C(C)C)C(C)C)c2)c1. The molecule has 6 heteroatoms. The zero-order chi connectivity index (χ0) is 20.2. The van der Waals surface area contributed by atoms with E-state index in [2.05, 4.69) is 37.7 Å². The van der Waals surface area contributed by atoms with Crippen molar-refractivity contribution >= 4 is 21.6 Å². The van der Waals surface area contributed by atoms with Gasteiger partial charge >= 0.3 is 0 Å². The Kier molecular flexibility index (Phi) is 6.65. The maximum absolute atomic E-state index is 12.7. The zero-order valence-corrected chi connectivity index (χ0v) is 17.3. The Labute approximate surface area is 162 Å². The van der Waals surface area contributed by atoms with Crippen molar-refractivity contribution in [1.29, 1.82) is 0 Å². The summed E-state index contributed by atoms with van der Waals surface area (Å²) < 4.78 is 27.9. The lowest BCUT2D eigenvalue weighted by molar-refractivity contribution is 0.0910. The quantitative estimate of drug-likeness (QED) is 0.746. The van der Waals surface area contributed by atoms with Crippen LogP contribution in [0.5, 0.6) is 0 Å². The van der Waals surface area contributed by atoms with Crippen LogP contribution in [0.25, 0.3) is 0 Å². The number of rotatable bonds is 7. The van der Waals surface area contributed by atoms with Crippen LogP contribution in [0.4, 0.5) is 5.69 Å². The Morgan fingerprint density at radius 2 is 1.56 bits per heavy atom. The van der Waals surface area contributed by atoms with Gasteiger partial charge in [-0.2, -0.15) is 0 Å². The minimum absolute atomic E-state index is 0.0168. The van der Waals surface area contributed by atoms with E-state index in [0.29, 0.717) is 11.3 Å².